The van der Waals surface area contributed by atoms with Crippen molar-refractivity contribution < 1.29 is 19.8 Å². The Morgan fingerprint density at radius 2 is 2.00 bits per heavy atom. The van der Waals surface area contributed by atoms with Crippen molar-refractivity contribution in [2.45, 2.75) is 33.1 Å². The van der Waals surface area contributed by atoms with Crippen molar-refractivity contribution in [3.63, 3.8) is 0 Å². The van der Waals surface area contributed by atoms with Crippen LogP contribution >= 0.6 is 0 Å². The number of hydrogen-bond acceptors (Lipinski definition) is 3. The maximum absolute atomic E-state index is 12.6. The second-order valence-corrected chi connectivity index (χ2v) is 5.26. The highest BCUT2D eigenvalue weighted by atomic mass is 16.4. The Bertz CT molecular complexity index is 549. The number of phenolic OH excluding ortho intramolecular Hbond substituents is 1. The monoisotopic (exact) mass is 277 g/mol. The number of aryl methyl sites for hydroxylation is 1. The minimum Gasteiger partial charge on any atom is -0.508 e. The number of nitrogens with zero attached hydrogens (tertiary/aromatic N) is 1. The molecule has 1 aliphatic rings. The maximum Gasteiger partial charge on any atom is 0.319 e. The van der Waals surface area contributed by atoms with Gasteiger partial charge in [-0.05, 0) is 38.3 Å². The van der Waals surface area contributed by atoms with Crippen molar-refractivity contribution in [1.29, 1.82) is 0 Å². The largest absolute Gasteiger partial charge is 0.508 e. The Morgan fingerprint density at radius 3 is 2.45 bits per heavy atom. The average molecular weight is 277 g/mol. The zero-order valence-corrected chi connectivity index (χ0v) is 11.7. The van der Waals surface area contributed by atoms with Crippen molar-refractivity contribution in [2.75, 3.05) is 11.4 Å². The number of amides is 1. The molecular weight excluding hydrogens is 258 g/mol. The maximum atomic E-state index is 12.6. The van der Waals surface area contributed by atoms with E-state index in [9.17, 15) is 19.8 Å². The molecule has 5 heteroatoms. The number of carboxylic acid groups (broad SMARTS) is 1. The number of phenols is 1. The van der Waals surface area contributed by atoms with Gasteiger partial charge in [-0.3, -0.25) is 9.59 Å². The van der Waals surface area contributed by atoms with E-state index in [1.54, 1.807) is 19.1 Å². The standard InChI is InChI=1S/C15H19NO4/c1-3-16(12-9-11(17)6-5-10(12)2)13(18)15(14(19)20)7-4-8-15/h5-6,9,17H,3-4,7-8H2,1-2H3,(H,19,20). The molecule has 1 saturated carbocycles. The van der Waals surface area contributed by atoms with Crippen molar-refractivity contribution >= 4 is 17.6 Å². The third-order valence-electron chi connectivity index (χ3n) is 4.07. The van der Waals surface area contributed by atoms with Crippen LogP contribution in [0.2, 0.25) is 0 Å². The summed E-state index contributed by atoms with van der Waals surface area (Å²) in [6, 6.07) is 4.77. The van der Waals surface area contributed by atoms with Gasteiger partial charge in [0.05, 0.1) is 5.69 Å². The Balaban J connectivity index is 2.39. The lowest BCUT2D eigenvalue weighted by atomic mass is 9.67. The number of aromatic hydroxyl groups is 1. The molecule has 20 heavy (non-hydrogen) atoms. The van der Waals surface area contributed by atoms with Crippen LogP contribution in [0.15, 0.2) is 18.2 Å². The van der Waals surface area contributed by atoms with Crippen LogP contribution in [0.25, 0.3) is 0 Å². The van der Waals surface area contributed by atoms with Gasteiger partial charge in [0.25, 0.3) is 0 Å². The summed E-state index contributed by atoms with van der Waals surface area (Å²) >= 11 is 0. The van der Waals surface area contributed by atoms with E-state index >= 15 is 0 Å². The van der Waals surface area contributed by atoms with E-state index < -0.39 is 11.4 Å². The summed E-state index contributed by atoms with van der Waals surface area (Å²) in [5.41, 5.74) is 0.122. The predicted octanol–water partition coefficient (Wildman–Crippen LogP) is 2.31. The van der Waals surface area contributed by atoms with Crippen LogP contribution in [0.1, 0.15) is 31.7 Å². The van der Waals surface area contributed by atoms with Gasteiger partial charge in [0.15, 0.2) is 0 Å². The number of rotatable bonds is 4. The zero-order chi connectivity index (χ0) is 14.9. The van der Waals surface area contributed by atoms with Crippen LogP contribution in [0.4, 0.5) is 5.69 Å². The first-order valence-corrected chi connectivity index (χ1v) is 6.77. The first kappa shape index (κ1) is 14.4. The SMILES string of the molecule is CCN(C(=O)C1(C(=O)O)CCC1)c1cc(O)ccc1C. The van der Waals surface area contributed by atoms with Gasteiger partial charge in [0.2, 0.25) is 5.91 Å². The fourth-order valence-corrected chi connectivity index (χ4v) is 2.62. The van der Waals surface area contributed by atoms with Crippen molar-refractivity contribution in [2.24, 2.45) is 5.41 Å². The molecule has 0 saturated heterocycles. The average Bonchev–Trinajstić information content (AvgIpc) is 2.32. The molecule has 2 N–H and O–H groups in total. The number of carbonyl (C=O) groups excluding carboxylic acids is 1. The first-order chi connectivity index (χ1) is 9.42. The summed E-state index contributed by atoms with van der Waals surface area (Å²) < 4.78 is 0. The Labute approximate surface area is 117 Å². The fourth-order valence-electron chi connectivity index (χ4n) is 2.62. The summed E-state index contributed by atoms with van der Waals surface area (Å²) in [6.07, 6.45) is 1.53. The lowest BCUT2D eigenvalue weighted by molar-refractivity contribution is -0.160. The zero-order valence-electron chi connectivity index (χ0n) is 11.7. The number of carbonyl (C=O) groups is 2. The smallest absolute Gasteiger partial charge is 0.319 e. The molecule has 108 valence electrons. The lowest BCUT2D eigenvalue weighted by Crippen LogP contribution is -2.53. The molecule has 5 nitrogen and oxygen atoms in total. The molecule has 0 radical (unpaired) electrons. The molecule has 1 aromatic rings. The van der Waals surface area contributed by atoms with E-state index in [0.717, 1.165) is 12.0 Å². The predicted molar refractivity (Wildman–Crippen MR) is 74.8 cm³/mol. The highest BCUT2D eigenvalue weighted by Gasteiger charge is 2.53. The normalized spacial score (nSPS) is 16.3. The minimum absolute atomic E-state index is 0.0647. The topological polar surface area (TPSA) is 77.8 Å². The van der Waals surface area contributed by atoms with Crippen molar-refractivity contribution in [3.05, 3.63) is 23.8 Å². The summed E-state index contributed by atoms with van der Waals surface area (Å²) in [7, 11) is 0. The van der Waals surface area contributed by atoms with E-state index in [0.29, 0.717) is 25.1 Å². The highest BCUT2D eigenvalue weighted by molar-refractivity contribution is 6.10. The van der Waals surface area contributed by atoms with Gasteiger partial charge in [-0.2, -0.15) is 0 Å². The van der Waals surface area contributed by atoms with Gasteiger partial charge in [-0.1, -0.05) is 12.5 Å². The highest BCUT2D eigenvalue weighted by Crippen LogP contribution is 2.44. The molecule has 0 aliphatic heterocycles. The van der Waals surface area contributed by atoms with Crippen molar-refractivity contribution in [1.82, 2.24) is 0 Å². The fraction of sp³-hybridized carbons (Fsp3) is 0.467. The number of hydrogen-bond donors (Lipinski definition) is 2. The van der Waals surface area contributed by atoms with Gasteiger partial charge in [0, 0.05) is 12.6 Å². The summed E-state index contributed by atoms with van der Waals surface area (Å²) in [5.74, 6) is -1.37. The molecule has 0 bridgehead atoms. The molecule has 2 rings (SSSR count). The molecule has 0 unspecified atom stereocenters. The minimum atomic E-state index is -1.28. The van der Waals surface area contributed by atoms with Gasteiger partial charge < -0.3 is 15.1 Å². The van der Waals surface area contributed by atoms with Gasteiger partial charge in [-0.25, -0.2) is 0 Å². The summed E-state index contributed by atoms with van der Waals surface area (Å²) in [6.45, 7) is 4.01. The summed E-state index contributed by atoms with van der Waals surface area (Å²) in [5, 5.41) is 19.0. The number of carboxylic acids is 1. The Hall–Kier alpha value is -2.04. The molecule has 0 aromatic heterocycles. The van der Waals surface area contributed by atoms with Gasteiger partial charge in [0.1, 0.15) is 11.2 Å². The second-order valence-electron chi connectivity index (χ2n) is 5.26. The molecule has 0 atom stereocenters. The quantitative estimate of drug-likeness (QED) is 0.828. The molecule has 0 spiro atoms. The molecule has 1 amide bonds. The Morgan fingerprint density at radius 1 is 1.35 bits per heavy atom. The van der Waals surface area contributed by atoms with E-state index in [1.165, 1.54) is 11.0 Å². The van der Waals surface area contributed by atoms with E-state index in [4.69, 9.17) is 0 Å². The third-order valence-corrected chi connectivity index (χ3v) is 4.07. The van der Waals surface area contributed by atoms with Crippen LogP contribution in [-0.4, -0.2) is 28.6 Å². The van der Waals surface area contributed by atoms with Crippen LogP contribution < -0.4 is 4.90 Å². The van der Waals surface area contributed by atoms with E-state index in [1.807, 2.05) is 6.92 Å². The van der Waals surface area contributed by atoms with Crippen LogP contribution in [0.3, 0.4) is 0 Å². The molecule has 1 fully saturated rings. The van der Waals surface area contributed by atoms with Crippen LogP contribution in [0.5, 0.6) is 5.75 Å². The molecular formula is C15H19NO4. The van der Waals surface area contributed by atoms with Crippen molar-refractivity contribution in [3.8, 4) is 5.75 Å². The van der Waals surface area contributed by atoms with Crippen LogP contribution in [-0.2, 0) is 9.59 Å². The second kappa shape index (κ2) is 5.15. The molecule has 0 heterocycles. The first-order valence-electron chi connectivity index (χ1n) is 6.77. The number of benzene rings is 1. The van der Waals surface area contributed by atoms with E-state index in [-0.39, 0.29) is 11.7 Å². The number of anilines is 1. The van der Waals surface area contributed by atoms with E-state index in [2.05, 4.69) is 0 Å². The molecule has 1 aliphatic carbocycles. The molecule has 1 aromatic carbocycles. The van der Waals surface area contributed by atoms with Gasteiger partial charge >= 0.3 is 5.97 Å². The number of aliphatic carboxylic acids is 1. The Kier molecular flexibility index (Phi) is 3.70. The van der Waals surface area contributed by atoms with Crippen LogP contribution in [0, 0.1) is 12.3 Å². The summed E-state index contributed by atoms with van der Waals surface area (Å²) in [4.78, 5) is 25.6. The third kappa shape index (κ3) is 2.13. The van der Waals surface area contributed by atoms with Gasteiger partial charge in [-0.15, -0.1) is 0 Å². The lowest BCUT2D eigenvalue weighted by Gasteiger charge is -2.40.